The summed E-state index contributed by atoms with van der Waals surface area (Å²) in [6.45, 7) is 0. The van der Waals surface area contributed by atoms with E-state index in [1.807, 2.05) is 6.07 Å². The van der Waals surface area contributed by atoms with Gasteiger partial charge < -0.3 is 26.2 Å². The van der Waals surface area contributed by atoms with Crippen LogP contribution in [0.3, 0.4) is 0 Å². The van der Waals surface area contributed by atoms with Gasteiger partial charge in [0.15, 0.2) is 11.4 Å². The number of phenols is 1. The standard InChI is InChI=1S/C22H21N3O7/c1-25(2)16-11-6-9-5-10-8(7-23)3-4-12(26)14(10)17(27)13(9)19(29)22(11,32)20(30)15(18(16)28)21(24)31/h3-4,9,11,16,26,28-29,32H,5-6H2,1-2H3,(H2,24,31)/t9-,11-,16-,22-/m1/s1. The lowest BCUT2D eigenvalue weighted by Crippen LogP contribution is -2.63. The number of fused-ring (bicyclic) bond motifs is 3. The first-order chi connectivity index (χ1) is 15.0. The van der Waals surface area contributed by atoms with Crippen molar-refractivity contribution in [3.8, 4) is 11.8 Å². The molecule has 4 rings (SSSR count). The van der Waals surface area contributed by atoms with E-state index in [0.717, 1.165) is 0 Å². The van der Waals surface area contributed by atoms with E-state index in [4.69, 9.17) is 5.73 Å². The van der Waals surface area contributed by atoms with Gasteiger partial charge in [0, 0.05) is 11.5 Å². The van der Waals surface area contributed by atoms with Gasteiger partial charge in [0.1, 0.15) is 22.8 Å². The number of aliphatic hydroxyl groups is 3. The van der Waals surface area contributed by atoms with Crippen LogP contribution in [0.4, 0.5) is 0 Å². The molecule has 1 amide bonds. The van der Waals surface area contributed by atoms with Gasteiger partial charge in [-0.3, -0.25) is 19.3 Å². The van der Waals surface area contributed by atoms with E-state index in [-0.39, 0.29) is 29.5 Å². The van der Waals surface area contributed by atoms with Crippen LogP contribution < -0.4 is 5.73 Å². The number of nitrogens with zero attached hydrogens (tertiary/aromatic N) is 2. The van der Waals surface area contributed by atoms with Crippen LogP contribution in [0.25, 0.3) is 0 Å². The summed E-state index contributed by atoms with van der Waals surface area (Å²) in [5.74, 6) is -7.13. The molecule has 32 heavy (non-hydrogen) atoms. The molecule has 0 spiro atoms. The van der Waals surface area contributed by atoms with Crippen LogP contribution in [0.2, 0.25) is 0 Å². The van der Waals surface area contributed by atoms with Crippen molar-refractivity contribution < 1.29 is 34.8 Å². The van der Waals surface area contributed by atoms with Crippen molar-refractivity contribution in [3.63, 3.8) is 0 Å². The van der Waals surface area contributed by atoms with Crippen LogP contribution >= 0.6 is 0 Å². The number of Topliss-reactive ketones (excluding diaryl/α,β-unsaturated/α-hetero) is 2. The molecule has 3 aliphatic carbocycles. The smallest absolute Gasteiger partial charge is 0.255 e. The molecule has 10 heteroatoms. The molecular formula is C22H21N3O7. The Balaban J connectivity index is 1.99. The molecule has 0 aliphatic heterocycles. The summed E-state index contributed by atoms with van der Waals surface area (Å²) >= 11 is 0. The number of primary amides is 1. The number of allylic oxidation sites excluding steroid dienone is 1. The quantitative estimate of drug-likeness (QED) is 0.395. The van der Waals surface area contributed by atoms with Crippen LogP contribution in [-0.2, 0) is 16.0 Å². The van der Waals surface area contributed by atoms with Gasteiger partial charge in [-0.25, -0.2) is 0 Å². The van der Waals surface area contributed by atoms with Crippen LogP contribution in [0.15, 0.2) is 34.8 Å². The molecule has 0 fully saturated rings. The number of nitriles is 1. The zero-order valence-electron chi connectivity index (χ0n) is 17.3. The van der Waals surface area contributed by atoms with Crippen molar-refractivity contribution in [2.75, 3.05) is 14.1 Å². The number of aromatic hydroxyl groups is 1. The maximum Gasteiger partial charge on any atom is 0.255 e. The lowest BCUT2D eigenvalue weighted by Gasteiger charge is -2.50. The molecule has 3 aliphatic rings. The SMILES string of the molecule is CN(C)[C@H]1C(O)=C(C(N)=O)C(=O)[C@]2(O)C(O)=C3C(=O)c4c(O)ccc(C#N)c4C[C@@H]3C[C@H]12. The van der Waals surface area contributed by atoms with Crippen LogP contribution in [-0.4, -0.2) is 68.5 Å². The Labute approximate surface area is 182 Å². The minimum Gasteiger partial charge on any atom is -0.510 e. The van der Waals surface area contributed by atoms with Crippen molar-refractivity contribution in [2.45, 2.75) is 24.5 Å². The van der Waals surface area contributed by atoms with E-state index in [1.54, 1.807) is 14.1 Å². The predicted molar refractivity (Wildman–Crippen MR) is 108 cm³/mol. The molecule has 0 unspecified atom stereocenters. The van der Waals surface area contributed by atoms with E-state index < -0.39 is 63.8 Å². The molecule has 0 aromatic heterocycles. The maximum absolute atomic E-state index is 13.3. The van der Waals surface area contributed by atoms with Crippen LogP contribution in [0.5, 0.6) is 5.75 Å². The van der Waals surface area contributed by atoms with Gasteiger partial charge in [0.2, 0.25) is 5.78 Å². The summed E-state index contributed by atoms with van der Waals surface area (Å²) < 4.78 is 0. The fraction of sp³-hybridized carbons (Fsp3) is 0.364. The van der Waals surface area contributed by atoms with Gasteiger partial charge in [-0.2, -0.15) is 5.26 Å². The normalized spacial score (nSPS) is 29.4. The summed E-state index contributed by atoms with van der Waals surface area (Å²) in [5.41, 5.74) is 1.82. The van der Waals surface area contributed by atoms with E-state index in [0.29, 0.717) is 5.56 Å². The van der Waals surface area contributed by atoms with E-state index in [2.05, 4.69) is 0 Å². The third-order valence-corrected chi connectivity index (χ3v) is 6.73. The average molecular weight is 439 g/mol. The van der Waals surface area contributed by atoms with Crippen molar-refractivity contribution in [3.05, 3.63) is 51.5 Å². The molecule has 6 N–H and O–H groups in total. The number of phenolic OH excluding ortho intramolecular Hbond substituents is 1. The highest BCUT2D eigenvalue weighted by Gasteiger charge is 2.63. The molecule has 0 saturated heterocycles. The molecule has 4 atom stereocenters. The first kappa shape index (κ1) is 21.5. The number of carbonyl (C=O) groups is 3. The highest BCUT2D eigenvalue weighted by Crippen LogP contribution is 2.52. The Morgan fingerprint density at radius 1 is 1.25 bits per heavy atom. The predicted octanol–water partition coefficient (Wildman–Crippen LogP) is -0.00772. The number of carbonyl (C=O) groups excluding carboxylic acids is 3. The van der Waals surface area contributed by atoms with E-state index in [9.17, 15) is 40.1 Å². The number of nitrogens with two attached hydrogens (primary N) is 1. The van der Waals surface area contributed by atoms with E-state index in [1.165, 1.54) is 17.0 Å². The van der Waals surface area contributed by atoms with Crippen LogP contribution in [0, 0.1) is 23.2 Å². The Bertz CT molecular complexity index is 1210. The average Bonchev–Trinajstić information content (AvgIpc) is 2.70. The minimum absolute atomic E-state index is 0.0215. The summed E-state index contributed by atoms with van der Waals surface area (Å²) in [5, 5.41) is 52.9. The highest BCUT2D eigenvalue weighted by molar-refractivity contribution is 6.24. The molecule has 10 nitrogen and oxygen atoms in total. The van der Waals surface area contributed by atoms with Crippen molar-refractivity contribution in [2.24, 2.45) is 17.6 Å². The number of rotatable bonds is 2. The Hall–Kier alpha value is -3.68. The van der Waals surface area contributed by atoms with Gasteiger partial charge in [-0.05, 0) is 50.6 Å². The second-order valence-electron chi connectivity index (χ2n) is 8.56. The summed E-state index contributed by atoms with van der Waals surface area (Å²) in [6, 6.07) is 3.50. The summed E-state index contributed by atoms with van der Waals surface area (Å²) in [6.07, 6.45) is 0.0676. The highest BCUT2D eigenvalue weighted by atomic mass is 16.3. The zero-order valence-corrected chi connectivity index (χ0v) is 17.3. The summed E-state index contributed by atoms with van der Waals surface area (Å²) in [7, 11) is 3.11. The van der Waals surface area contributed by atoms with Gasteiger partial charge in [-0.1, -0.05) is 0 Å². The molecule has 166 valence electrons. The topological polar surface area (TPSA) is 185 Å². The Morgan fingerprint density at radius 2 is 1.91 bits per heavy atom. The number of hydrogen-bond acceptors (Lipinski definition) is 9. The molecule has 1 aromatic carbocycles. The molecule has 0 saturated carbocycles. The summed E-state index contributed by atoms with van der Waals surface area (Å²) in [4.78, 5) is 39.8. The van der Waals surface area contributed by atoms with Crippen LogP contribution in [0.1, 0.15) is 27.9 Å². The number of ketones is 2. The number of likely N-dealkylation sites (N-methyl/N-ethyl adjacent to an activating group) is 1. The number of aliphatic hydroxyl groups excluding tert-OH is 2. The van der Waals surface area contributed by atoms with Gasteiger partial charge in [0.05, 0.1) is 23.2 Å². The van der Waals surface area contributed by atoms with Gasteiger partial charge in [-0.15, -0.1) is 0 Å². The fourth-order valence-corrected chi connectivity index (χ4v) is 5.36. The van der Waals surface area contributed by atoms with Crippen molar-refractivity contribution >= 4 is 17.5 Å². The second-order valence-corrected chi connectivity index (χ2v) is 8.56. The zero-order chi connectivity index (χ0) is 23.7. The first-order valence-electron chi connectivity index (χ1n) is 9.86. The van der Waals surface area contributed by atoms with Crippen molar-refractivity contribution in [1.29, 1.82) is 5.26 Å². The third kappa shape index (κ3) is 2.55. The molecule has 0 heterocycles. The first-order valence-corrected chi connectivity index (χ1v) is 9.86. The molecular weight excluding hydrogens is 418 g/mol. The lowest BCUT2D eigenvalue weighted by atomic mass is 9.58. The molecule has 0 bridgehead atoms. The molecule has 0 radical (unpaired) electrons. The van der Waals surface area contributed by atoms with Gasteiger partial charge >= 0.3 is 0 Å². The third-order valence-electron chi connectivity index (χ3n) is 6.73. The minimum atomic E-state index is -2.67. The number of hydrogen-bond donors (Lipinski definition) is 5. The number of amides is 1. The Morgan fingerprint density at radius 3 is 2.47 bits per heavy atom. The van der Waals surface area contributed by atoms with E-state index >= 15 is 0 Å². The monoisotopic (exact) mass is 439 g/mol. The number of benzene rings is 1. The Kier molecular flexibility index (Phi) is 4.66. The largest absolute Gasteiger partial charge is 0.510 e. The van der Waals surface area contributed by atoms with Gasteiger partial charge in [0.25, 0.3) is 5.91 Å². The molecule has 1 aromatic rings. The van der Waals surface area contributed by atoms with Crippen molar-refractivity contribution in [1.82, 2.24) is 4.90 Å². The lowest BCUT2D eigenvalue weighted by molar-refractivity contribution is -0.148. The maximum atomic E-state index is 13.3. The fourth-order valence-electron chi connectivity index (χ4n) is 5.36. The second kappa shape index (κ2) is 6.91.